The highest BCUT2D eigenvalue weighted by molar-refractivity contribution is 7.91. The zero-order valence-electron chi connectivity index (χ0n) is 13.6. The quantitative estimate of drug-likeness (QED) is 0.519. The molecule has 1 fully saturated rings. The molecule has 0 aliphatic heterocycles. The highest BCUT2D eigenvalue weighted by Gasteiger charge is 2.26. The van der Waals surface area contributed by atoms with Gasteiger partial charge in [0, 0.05) is 23.9 Å². The molecule has 0 spiro atoms. The molecule has 2 aromatic rings. The second kappa shape index (κ2) is 6.62. The molecule has 3 rings (SSSR count). The minimum Gasteiger partial charge on any atom is -0.387 e. The van der Waals surface area contributed by atoms with Gasteiger partial charge < -0.3 is 11.1 Å². The Morgan fingerprint density at radius 3 is 2.72 bits per heavy atom. The van der Waals surface area contributed by atoms with E-state index < -0.39 is 10.0 Å². The number of rotatable bonds is 6. The minimum atomic E-state index is -3.75. The van der Waals surface area contributed by atoms with Crippen molar-refractivity contribution in [2.75, 3.05) is 0 Å². The van der Waals surface area contributed by atoms with Crippen molar-refractivity contribution < 1.29 is 8.42 Å². The first kappa shape index (κ1) is 17.6. The number of sulfonamides is 1. The summed E-state index contributed by atoms with van der Waals surface area (Å²) < 4.78 is 22.9. The molecule has 0 radical (unpaired) electrons. The molecule has 2 aromatic heterocycles. The minimum absolute atomic E-state index is 0.0510. The number of nitrogens with zero attached hydrogens (tertiary/aromatic N) is 3. The largest absolute Gasteiger partial charge is 0.387 e. The molecule has 1 saturated carbocycles. The monoisotopic (exact) mass is 378 g/mol. The number of primary sulfonamides is 1. The highest BCUT2D eigenvalue weighted by Crippen LogP contribution is 2.31. The molecule has 10 heteroatoms. The summed E-state index contributed by atoms with van der Waals surface area (Å²) in [5.41, 5.74) is 7.21. The standard InChI is InChI=1S/C15H18N6O2S2/c1-8-6-13(20-12(17)7-10(16)9-2-3-9)21-15(19-8)11-4-5-14(24-11)25(18,22)23/h4-6,9,16H,2-3,7H2,1H3,(H2,18,22,23)(H2,17,19,20,21). The number of amidine groups is 1. The first-order chi connectivity index (χ1) is 11.7. The summed E-state index contributed by atoms with van der Waals surface area (Å²) in [4.78, 5) is 13.5. The predicted molar refractivity (Wildman–Crippen MR) is 97.8 cm³/mol. The van der Waals surface area contributed by atoms with Crippen LogP contribution in [0.3, 0.4) is 0 Å². The highest BCUT2D eigenvalue weighted by atomic mass is 32.2. The van der Waals surface area contributed by atoms with Gasteiger partial charge in [-0.25, -0.2) is 28.5 Å². The van der Waals surface area contributed by atoms with E-state index in [1.54, 1.807) is 19.1 Å². The van der Waals surface area contributed by atoms with E-state index in [0.29, 0.717) is 46.1 Å². The molecule has 0 aromatic carbocycles. The molecular formula is C15H18N6O2S2. The number of aliphatic imine (C=N–C) groups is 1. The van der Waals surface area contributed by atoms with Gasteiger partial charge in [-0.1, -0.05) is 0 Å². The molecule has 5 N–H and O–H groups in total. The molecule has 0 bridgehead atoms. The molecule has 2 heterocycles. The lowest BCUT2D eigenvalue weighted by molar-refractivity contribution is 0.600. The Balaban J connectivity index is 1.87. The molecular weight excluding hydrogens is 360 g/mol. The summed E-state index contributed by atoms with van der Waals surface area (Å²) in [5, 5.41) is 13.1. The van der Waals surface area contributed by atoms with Crippen molar-refractivity contribution >= 4 is 38.7 Å². The van der Waals surface area contributed by atoms with E-state index >= 15 is 0 Å². The zero-order chi connectivity index (χ0) is 18.2. The number of nitrogens with two attached hydrogens (primary N) is 2. The Morgan fingerprint density at radius 2 is 2.12 bits per heavy atom. The molecule has 0 amide bonds. The van der Waals surface area contributed by atoms with Crippen LogP contribution in [0.2, 0.25) is 0 Å². The van der Waals surface area contributed by atoms with Gasteiger partial charge in [-0.2, -0.15) is 0 Å². The third-order valence-electron chi connectivity index (χ3n) is 3.62. The lowest BCUT2D eigenvalue weighted by Crippen LogP contribution is -2.17. The van der Waals surface area contributed by atoms with Gasteiger partial charge in [-0.05, 0) is 37.8 Å². The molecule has 25 heavy (non-hydrogen) atoms. The molecule has 1 aliphatic carbocycles. The Hall–Kier alpha value is -2.17. The normalized spacial score (nSPS) is 15.4. The first-order valence-corrected chi connectivity index (χ1v) is 9.97. The summed E-state index contributed by atoms with van der Waals surface area (Å²) in [6, 6.07) is 4.72. The number of aromatic nitrogens is 2. The second-order valence-corrected chi connectivity index (χ2v) is 8.81. The topological polar surface area (TPSA) is 148 Å². The zero-order valence-corrected chi connectivity index (χ0v) is 15.2. The average Bonchev–Trinajstić information content (AvgIpc) is 3.21. The van der Waals surface area contributed by atoms with Crippen molar-refractivity contribution in [1.82, 2.24) is 9.97 Å². The van der Waals surface area contributed by atoms with Gasteiger partial charge in [0.2, 0.25) is 10.0 Å². The Labute approximate surface area is 149 Å². The van der Waals surface area contributed by atoms with Crippen LogP contribution in [-0.4, -0.2) is 29.9 Å². The van der Waals surface area contributed by atoms with Crippen LogP contribution in [0.5, 0.6) is 0 Å². The third-order valence-corrected chi connectivity index (χ3v) is 6.14. The number of hydrogen-bond donors (Lipinski definition) is 3. The fourth-order valence-electron chi connectivity index (χ4n) is 2.27. The number of aryl methyl sites for hydroxylation is 1. The lowest BCUT2D eigenvalue weighted by atomic mass is 10.2. The van der Waals surface area contributed by atoms with Crippen molar-refractivity contribution in [3.63, 3.8) is 0 Å². The third kappa shape index (κ3) is 4.47. The van der Waals surface area contributed by atoms with E-state index in [1.165, 1.54) is 6.07 Å². The maximum atomic E-state index is 11.4. The van der Waals surface area contributed by atoms with Crippen LogP contribution < -0.4 is 10.9 Å². The Kier molecular flexibility index (Phi) is 4.67. The van der Waals surface area contributed by atoms with Gasteiger partial charge in [-0.3, -0.25) is 0 Å². The number of hydrogen-bond acceptors (Lipinski definition) is 7. The Bertz CT molecular complexity index is 960. The SMILES string of the molecule is Cc1cc(N=C(N)CC(=N)C2CC2)nc(-c2ccc(S(N)(=O)=O)s2)n1. The van der Waals surface area contributed by atoms with Gasteiger partial charge in [0.25, 0.3) is 0 Å². The molecule has 0 saturated heterocycles. The van der Waals surface area contributed by atoms with Gasteiger partial charge in [0.1, 0.15) is 10.0 Å². The van der Waals surface area contributed by atoms with Gasteiger partial charge in [-0.15, -0.1) is 11.3 Å². The van der Waals surface area contributed by atoms with Crippen LogP contribution in [0.1, 0.15) is 25.0 Å². The molecule has 0 unspecified atom stereocenters. The first-order valence-electron chi connectivity index (χ1n) is 7.61. The van der Waals surface area contributed by atoms with Crippen molar-refractivity contribution in [2.24, 2.45) is 21.8 Å². The van der Waals surface area contributed by atoms with E-state index in [4.69, 9.17) is 16.3 Å². The van der Waals surface area contributed by atoms with Crippen molar-refractivity contribution in [3.05, 3.63) is 23.9 Å². The molecule has 132 valence electrons. The number of nitrogens with one attached hydrogen (secondary N) is 1. The van der Waals surface area contributed by atoms with Crippen LogP contribution in [0, 0.1) is 18.3 Å². The maximum Gasteiger partial charge on any atom is 0.247 e. The summed E-state index contributed by atoms with van der Waals surface area (Å²) in [6.07, 6.45) is 2.43. The summed E-state index contributed by atoms with van der Waals surface area (Å²) >= 11 is 1.00. The fourth-order valence-corrected chi connectivity index (χ4v) is 3.93. The van der Waals surface area contributed by atoms with Gasteiger partial charge >= 0.3 is 0 Å². The van der Waals surface area contributed by atoms with E-state index in [9.17, 15) is 8.42 Å². The summed E-state index contributed by atoms with van der Waals surface area (Å²) in [7, 11) is -3.75. The van der Waals surface area contributed by atoms with E-state index in [1.807, 2.05) is 0 Å². The summed E-state index contributed by atoms with van der Waals surface area (Å²) in [5.74, 6) is 1.43. The van der Waals surface area contributed by atoms with Crippen molar-refractivity contribution in [3.8, 4) is 10.7 Å². The molecule has 1 aliphatic rings. The Morgan fingerprint density at radius 1 is 1.40 bits per heavy atom. The predicted octanol–water partition coefficient (Wildman–Crippen LogP) is 1.97. The summed E-state index contributed by atoms with van der Waals surface area (Å²) in [6.45, 7) is 1.79. The average molecular weight is 378 g/mol. The molecule has 0 atom stereocenters. The van der Waals surface area contributed by atoms with Crippen LogP contribution in [0.4, 0.5) is 5.82 Å². The molecule has 8 nitrogen and oxygen atoms in total. The smallest absolute Gasteiger partial charge is 0.247 e. The van der Waals surface area contributed by atoms with Crippen LogP contribution >= 0.6 is 11.3 Å². The maximum absolute atomic E-state index is 11.4. The van der Waals surface area contributed by atoms with Gasteiger partial charge in [0.05, 0.1) is 4.88 Å². The number of thiophene rings is 1. The van der Waals surface area contributed by atoms with Crippen LogP contribution in [0.25, 0.3) is 10.7 Å². The van der Waals surface area contributed by atoms with E-state index in [-0.39, 0.29) is 4.21 Å². The van der Waals surface area contributed by atoms with Crippen LogP contribution in [0.15, 0.2) is 27.4 Å². The van der Waals surface area contributed by atoms with Crippen molar-refractivity contribution in [1.29, 1.82) is 5.41 Å². The fraction of sp³-hybridized carbons (Fsp3) is 0.333. The van der Waals surface area contributed by atoms with Crippen molar-refractivity contribution in [2.45, 2.75) is 30.4 Å². The van der Waals surface area contributed by atoms with Crippen LogP contribution in [-0.2, 0) is 10.0 Å². The van der Waals surface area contributed by atoms with Gasteiger partial charge in [0.15, 0.2) is 11.6 Å². The second-order valence-electron chi connectivity index (χ2n) is 5.93. The van der Waals surface area contributed by atoms with E-state index in [2.05, 4.69) is 15.0 Å². The lowest BCUT2D eigenvalue weighted by Gasteiger charge is -2.04. The van der Waals surface area contributed by atoms with E-state index in [0.717, 1.165) is 24.2 Å².